The molecule has 0 fully saturated rings. The third-order valence-electron chi connectivity index (χ3n) is 6.26. The number of allylic oxidation sites excluding steroid dienone is 4. The Labute approximate surface area is 192 Å². The van der Waals surface area contributed by atoms with E-state index in [-0.39, 0.29) is 0 Å². The Bertz CT molecular complexity index is 788. The summed E-state index contributed by atoms with van der Waals surface area (Å²) in [4.78, 5) is 0. The van der Waals surface area contributed by atoms with Crippen molar-refractivity contribution in [3.8, 4) is 0 Å². The van der Waals surface area contributed by atoms with Gasteiger partial charge < -0.3 is 9.88 Å². The van der Waals surface area contributed by atoms with Crippen LogP contribution in [-0.2, 0) is 6.54 Å². The lowest BCUT2D eigenvalue weighted by atomic mass is 9.93. The number of benzene rings is 1. The van der Waals surface area contributed by atoms with Crippen molar-refractivity contribution in [1.82, 2.24) is 9.88 Å². The molecule has 0 spiro atoms. The van der Waals surface area contributed by atoms with E-state index in [1.54, 1.807) is 11.1 Å². The fourth-order valence-electron chi connectivity index (χ4n) is 4.41. The van der Waals surface area contributed by atoms with E-state index in [2.05, 4.69) is 87.1 Å². The third kappa shape index (κ3) is 8.33. The maximum absolute atomic E-state index is 3.49. The van der Waals surface area contributed by atoms with Gasteiger partial charge >= 0.3 is 0 Å². The number of aryl methyl sites for hydroxylation is 1. The van der Waals surface area contributed by atoms with Gasteiger partial charge in [0.05, 0.1) is 0 Å². The molecule has 0 aliphatic carbocycles. The van der Waals surface area contributed by atoms with Crippen LogP contribution in [0.15, 0.2) is 53.8 Å². The molecule has 0 saturated heterocycles. The van der Waals surface area contributed by atoms with Crippen LogP contribution in [0.2, 0.25) is 0 Å². The van der Waals surface area contributed by atoms with Crippen molar-refractivity contribution >= 4 is 10.9 Å². The molecule has 1 atom stereocenters. The van der Waals surface area contributed by atoms with Gasteiger partial charge in [0.15, 0.2) is 0 Å². The molecule has 2 nitrogen and oxygen atoms in total. The van der Waals surface area contributed by atoms with Crippen molar-refractivity contribution in [2.45, 2.75) is 99.5 Å². The first-order valence-corrected chi connectivity index (χ1v) is 12.8. The molecule has 1 N–H and O–H groups in total. The zero-order valence-corrected chi connectivity index (χ0v) is 21.4. The number of para-hydroxylation sites is 1. The monoisotopic (exact) mass is 424 g/mol. The summed E-state index contributed by atoms with van der Waals surface area (Å²) in [5.74, 6) is 0.630. The van der Waals surface area contributed by atoms with Gasteiger partial charge in [-0.1, -0.05) is 83.0 Å². The lowest BCUT2D eigenvalue weighted by Gasteiger charge is -2.14. The zero-order valence-electron chi connectivity index (χ0n) is 21.4. The smallest absolute Gasteiger partial charge is 0.0483 e. The average molecular weight is 425 g/mol. The van der Waals surface area contributed by atoms with Gasteiger partial charge in [0.1, 0.15) is 0 Å². The summed E-state index contributed by atoms with van der Waals surface area (Å²) in [6.07, 6.45) is 14.1. The Morgan fingerprint density at radius 2 is 1.74 bits per heavy atom. The highest BCUT2D eigenvalue weighted by molar-refractivity contribution is 5.84. The van der Waals surface area contributed by atoms with Gasteiger partial charge in [0.2, 0.25) is 0 Å². The second kappa shape index (κ2) is 15.9. The quantitative estimate of drug-likeness (QED) is 0.251. The summed E-state index contributed by atoms with van der Waals surface area (Å²) in [6, 6.07) is 8.93. The van der Waals surface area contributed by atoms with E-state index >= 15 is 0 Å². The van der Waals surface area contributed by atoms with Crippen molar-refractivity contribution in [2.24, 2.45) is 0 Å². The fourth-order valence-corrected chi connectivity index (χ4v) is 4.41. The number of aromatic nitrogens is 1. The molecule has 2 heteroatoms. The molecule has 0 amide bonds. The molecule has 31 heavy (non-hydrogen) atoms. The minimum absolute atomic E-state index is 0.630. The maximum Gasteiger partial charge on any atom is 0.0483 e. The summed E-state index contributed by atoms with van der Waals surface area (Å²) in [5, 5.41) is 4.93. The lowest BCUT2D eigenvalue weighted by molar-refractivity contribution is 0.564. The van der Waals surface area contributed by atoms with Crippen molar-refractivity contribution in [2.75, 3.05) is 13.1 Å². The van der Waals surface area contributed by atoms with Crippen LogP contribution >= 0.6 is 0 Å². The molecule has 2 rings (SSSR count). The molecule has 0 saturated carbocycles. The Balaban J connectivity index is 0.00000233. The first kappa shape index (κ1) is 27.2. The normalized spacial score (nSPS) is 12.1. The standard InChI is InChI=1S/C27H42N2.C2H6/c1-6-23(7-2)22(5)15-11-10-14-20-29-21-26(24(8-3)18-19-28-9-4)25-16-12-13-17-27(25)29;1-2/h10-13,16-17,21,24,28H,6-9,14-15,18-20H2,1-5H3;1-2H3/b11-10-;. The number of hydrogen-bond donors (Lipinski definition) is 1. The predicted octanol–water partition coefficient (Wildman–Crippen LogP) is 8.63. The fraction of sp³-hybridized carbons (Fsp3) is 0.586. The molecule has 1 aromatic heterocycles. The van der Waals surface area contributed by atoms with Gasteiger partial charge in [-0.3, -0.25) is 0 Å². The molecule has 0 aliphatic rings. The van der Waals surface area contributed by atoms with Crippen LogP contribution in [0.25, 0.3) is 10.9 Å². The van der Waals surface area contributed by atoms with Crippen molar-refractivity contribution in [1.29, 1.82) is 0 Å². The summed E-state index contributed by atoms with van der Waals surface area (Å²) in [7, 11) is 0. The SMILES string of the molecule is CC.CCNCCC(CC)c1cn(CC/C=C\CC(C)=C(CC)CC)c2ccccc12. The largest absolute Gasteiger partial charge is 0.347 e. The Kier molecular flexibility index (Phi) is 14.0. The maximum atomic E-state index is 3.49. The molecule has 0 bridgehead atoms. The van der Waals surface area contributed by atoms with Crippen molar-refractivity contribution in [3.05, 3.63) is 59.3 Å². The second-order valence-corrected chi connectivity index (χ2v) is 8.10. The van der Waals surface area contributed by atoms with E-state index in [1.165, 1.54) is 42.1 Å². The topological polar surface area (TPSA) is 17.0 Å². The summed E-state index contributed by atoms with van der Waals surface area (Å²) < 4.78 is 2.47. The second-order valence-electron chi connectivity index (χ2n) is 8.10. The predicted molar refractivity (Wildman–Crippen MR) is 141 cm³/mol. The molecule has 2 aromatic rings. The minimum atomic E-state index is 0.630. The summed E-state index contributed by atoms with van der Waals surface area (Å²) in [5.41, 5.74) is 6.07. The van der Waals surface area contributed by atoms with E-state index in [4.69, 9.17) is 0 Å². The van der Waals surface area contributed by atoms with Crippen LogP contribution in [0.3, 0.4) is 0 Å². The first-order chi connectivity index (χ1) is 15.2. The van der Waals surface area contributed by atoms with Gasteiger partial charge in [-0.25, -0.2) is 0 Å². The van der Waals surface area contributed by atoms with Gasteiger partial charge in [-0.15, -0.1) is 0 Å². The molecule has 1 heterocycles. The Morgan fingerprint density at radius 3 is 2.39 bits per heavy atom. The number of hydrogen-bond acceptors (Lipinski definition) is 1. The van der Waals surface area contributed by atoms with Gasteiger partial charge in [-0.2, -0.15) is 0 Å². The highest BCUT2D eigenvalue weighted by atomic mass is 15.0. The van der Waals surface area contributed by atoms with Crippen LogP contribution in [0.4, 0.5) is 0 Å². The van der Waals surface area contributed by atoms with Crippen LogP contribution in [-0.4, -0.2) is 17.7 Å². The molecule has 1 aromatic carbocycles. The van der Waals surface area contributed by atoms with Gasteiger partial charge in [0, 0.05) is 23.6 Å². The van der Waals surface area contributed by atoms with Crippen molar-refractivity contribution in [3.63, 3.8) is 0 Å². The summed E-state index contributed by atoms with van der Waals surface area (Å²) >= 11 is 0. The van der Waals surface area contributed by atoms with Gasteiger partial charge in [-0.05, 0) is 76.1 Å². The highest BCUT2D eigenvalue weighted by Gasteiger charge is 2.16. The number of rotatable bonds is 13. The van der Waals surface area contributed by atoms with Crippen LogP contribution in [0.1, 0.15) is 98.5 Å². The molecular formula is C29H48N2. The molecule has 0 aliphatic heterocycles. The van der Waals surface area contributed by atoms with E-state index < -0.39 is 0 Å². The van der Waals surface area contributed by atoms with Crippen LogP contribution in [0.5, 0.6) is 0 Å². The van der Waals surface area contributed by atoms with Crippen molar-refractivity contribution < 1.29 is 0 Å². The first-order valence-electron chi connectivity index (χ1n) is 12.8. The minimum Gasteiger partial charge on any atom is -0.347 e. The van der Waals surface area contributed by atoms with E-state index in [0.717, 1.165) is 32.5 Å². The van der Waals surface area contributed by atoms with E-state index in [0.29, 0.717) is 5.92 Å². The molecular weight excluding hydrogens is 376 g/mol. The van der Waals surface area contributed by atoms with Crippen LogP contribution < -0.4 is 5.32 Å². The number of nitrogens with zero attached hydrogens (tertiary/aromatic N) is 1. The van der Waals surface area contributed by atoms with Crippen LogP contribution in [0, 0.1) is 0 Å². The summed E-state index contributed by atoms with van der Waals surface area (Å²) in [6.45, 7) is 18.5. The zero-order chi connectivity index (χ0) is 23.1. The number of nitrogens with one attached hydrogen (secondary N) is 1. The molecule has 0 radical (unpaired) electrons. The molecule has 174 valence electrons. The third-order valence-corrected chi connectivity index (χ3v) is 6.26. The van der Waals surface area contributed by atoms with E-state index in [9.17, 15) is 0 Å². The Hall–Kier alpha value is -1.80. The molecule has 1 unspecified atom stereocenters. The van der Waals surface area contributed by atoms with E-state index in [1.807, 2.05) is 13.8 Å². The highest BCUT2D eigenvalue weighted by Crippen LogP contribution is 2.32. The van der Waals surface area contributed by atoms with Gasteiger partial charge in [0.25, 0.3) is 0 Å². The lowest BCUT2D eigenvalue weighted by Crippen LogP contribution is -2.16. The number of fused-ring (bicyclic) bond motifs is 1. The Morgan fingerprint density at radius 1 is 1.03 bits per heavy atom. The average Bonchev–Trinajstić information content (AvgIpc) is 3.17.